The molecule has 0 bridgehead atoms. The van der Waals surface area contributed by atoms with Gasteiger partial charge in [0.05, 0.1) is 0 Å². The first-order valence-corrected chi connectivity index (χ1v) is 4.67. The predicted molar refractivity (Wildman–Crippen MR) is 53.6 cm³/mol. The van der Waals surface area contributed by atoms with E-state index in [9.17, 15) is 0 Å². The fourth-order valence-corrected chi connectivity index (χ4v) is 0.471. The molecular formula is C10H25N. The van der Waals surface area contributed by atoms with Crippen molar-refractivity contribution in [3.05, 3.63) is 0 Å². The maximum absolute atomic E-state index is 5.62. The highest BCUT2D eigenvalue weighted by Gasteiger charge is 2.01. The highest BCUT2D eigenvalue weighted by Crippen LogP contribution is 2.00. The molecule has 0 aromatic heterocycles. The van der Waals surface area contributed by atoms with Crippen LogP contribution >= 0.6 is 0 Å². The summed E-state index contributed by atoms with van der Waals surface area (Å²) in [5.41, 5.74) is 5.62. The van der Waals surface area contributed by atoms with Crippen molar-refractivity contribution >= 4 is 0 Å². The van der Waals surface area contributed by atoms with Crippen LogP contribution in [0.2, 0.25) is 0 Å². The van der Waals surface area contributed by atoms with Crippen LogP contribution in [-0.4, -0.2) is 6.04 Å². The number of hydrogen-bond donors (Lipinski definition) is 1. The lowest BCUT2D eigenvalue weighted by Gasteiger charge is -2.10. The molecule has 1 nitrogen and oxygen atoms in total. The molecule has 2 N–H and O–H groups in total. The minimum atomic E-state index is 0.403. The summed E-state index contributed by atoms with van der Waals surface area (Å²) in [6.45, 7) is 12.9. The van der Waals surface area contributed by atoms with Gasteiger partial charge in [-0.1, -0.05) is 41.5 Å². The van der Waals surface area contributed by atoms with E-state index in [0.29, 0.717) is 12.0 Å². The molecule has 0 amide bonds. The first-order valence-electron chi connectivity index (χ1n) is 4.67. The summed E-state index contributed by atoms with van der Waals surface area (Å²) in [5.74, 6) is 1.48. The van der Waals surface area contributed by atoms with Crippen molar-refractivity contribution in [2.45, 2.75) is 54.0 Å². The summed E-state index contributed by atoms with van der Waals surface area (Å²) in [6.07, 6.45) is 1.09. The predicted octanol–water partition coefficient (Wildman–Crippen LogP) is 3.04. The molecule has 0 aliphatic heterocycles. The third-order valence-electron chi connectivity index (χ3n) is 1.33. The monoisotopic (exact) mass is 159 g/mol. The van der Waals surface area contributed by atoms with E-state index in [4.69, 9.17) is 5.73 Å². The molecule has 0 aromatic rings. The van der Waals surface area contributed by atoms with E-state index in [0.717, 1.165) is 12.3 Å². The lowest BCUT2D eigenvalue weighted by Crippen LogP contribution is -2.24. The Labute approximate surface area is 72.4 Å². The fourth-order valence-electron chi connectivity index (χ4n) is 0.471. The van der Waals surface area contributed by atoms with Gasteiger partial charge in [-0.3, -0.25) is 0 Å². The van der Waals surface area contributed by atoms with Crippen molar-refractivity contribution in [2.24, 2.45) is 17.6 Å². The Morgan fingerprint density at radius 2 is 1.27 bits per heavy atom. The van der Waals surface area contributed by atoms with Crippen LogP contribution in [0.1, 0.15) is 48.0 Å². The van der Waals surface area contributed by atoms with Gasteiger partial charge in [-0.15, -0.1) is 0 Å². The molecule has 0 aliphatic carbocycles. The van der Waals surface area contributed by atoms with Gasteiger partial charge >= 0.3 is 0 Å². The molecule has 0 aliphatic rings. The third kappa shape index (κ3) is 17.8. The summed E-state index contributed by atoms with van der Waals surface area (Å²) in [5, 5.41) is 0. The van der Waals surface area contributed by atoms with Crippen LogP contribution in [0.4, 0.5) is 0 Å². The van der Waals surface area contributed by atoms with Crippen LogP contribution in [0, 0.1) is 11.8 Å². The smallest absolute Gasteiger partial charge is 0.00592 e. The fraction of sp³-hybridized carbons (Fsp3) is 1.00. The average Bonchev–Trinajstić information content (AvgIpc) is 1.85. The van der Waals surface area contributed by atoms with Gasteiger partial charge in [0.25, 0.3) is 0 Å². The van der Waals surface area contributed by atoms with Gasteiger partial charge in [-0.2, -0.15) is 0 Å². The molecule has 1 atom stereocenters. The van der Waals surface area contributed by atoms with E-state index in [-0.39, 0.29) is 0 Å². The Balaban J connectivity index is 0. The van der Waals surface area contributed by atoms with Gasteiger partial charge in [0, 0.05) is 6.04 Å². The maximum Gasteiger partial charge on any atom is 0.00592 e. The largest absolute Gasteiger partial charge is 0.327 e. The van der Waals surface area contributed by atoms with E-state index < -0.39 is 0 Å². The molecule has 0 fully saturated rings. The minimum Gasteiger partial charge on any atom is -0.327 e. The molecular weight excluding hydrogens is 134 g/mol. The minimum absolute atomic E-state index is 0.403. The summed E-state index contributed by atoms with van der Waals surface area (Å²) in [6, 6.07) is 0.403. The summed E-state index contributed by atoms with van der Waals surface area (Å²) in [7, 11) is 0. The molecule has 0 saturated heterocycles. The molecule has 0 saturated carbocycles. The van der Waals surface area contributed by atoms with E-state index in [1.807, 2.05) is 0 Å². The van der Waals surface area contributed by atoms with E-state index >= 15 is 0 Å². The van der Waals surface area contributed by atoms with Crippen molar-refractivity contribution < 1.29 is 0 Å². The van der Waals surface area contributed by atoms with Gasteiger partial charge in [0.1, 0.15) is 0 Å². The Hall–Kier alpha value is -0.0400. The van der Waals surface area contributed by atoms with Gasteiger partial charge < -0.3 is 5.73 Å². The van der Waals surface area contributed by atoms with Gasteiger partial charge in [-0.25, -0.2) is 0 Å². The lowest BCUT2D eigenvalue weighted by atomic mass is 10.0. The zero-order chi connectivity index (χ0) is 9.44. The van der Waals surface area contributed by atoms with Crippen molar-refractivity contribution in [3.63, 3.8) is 0 Å². The Kier molecular flexibility index (Phi) is 9.92. The van der Waals surface area contributed by atoms with Crippen LogP contribution in [0.15, 0.2) is 0 Å². The standard InChI is InChI=1S/C6H15N.C4H10/c1-4-6(7)5(2)3;1-4(2)3/h5-6H,4,7H2,1-3H3;4H,1-3H3. The number of rotatable bonds is 2. The first kappa shape index (κ1) is 13.5. The van der Waals surface area contributed by atoms with Crippen molar-refractivity contribution in [1.82, 2.24) is 0 Å². The normalized spacial score (nSPS) is 12.8. The Bertz CT molecular complexity index is 64.5. The number of nitrogens with two attached hydrogens (primary N) is 1. The second-order valence-corrected chi connectivity index (χ2v) is 4.05. The summed E-state index contributed by atoms with van der Waals surface area (Å²) >= 11 is 0. The summed E-state index contributed by atoms with van der Waals surface area (Å²) in [4.78, 5) is 0. The topological polar surface area (TPSA) is 26.0 Å². The second-order valence-electron chi connectivity index (χ2n) is 4.05. The average molecular weight is 159 g/mol. The Morgan fingerprint density at radius 3 is 1.27 bits per heavy atom. The maximum atomic E-state index is 5.62. The van der Waals surface area contributed by atoms with Crippen molar-refractivity contribution in [2.75, 3.05) is 0 Å². The van der Waals surface area contributed by atoms with Gasteiger partial charge in [-0.05, 0) is 18.3 Å². The van der Waals surface area contributed by atoms with Gasteiger partial charge in [0.2, 0.25) is 0 Å². The van der Waals surface area contributed by atoms with Crippen LogP contribution in [0.25, 0.3) is 0 Å². The van der Waals surface area contributed by atoms with Gasteiger partial charge in [0.15, 0.2) is 0 Å². The van der Waals surface area contributed by atoms with E-state index in [2.05, 4.69) is 41.5 Å². The molecule has 0 spiro atoms. The van der Waals surface area contributed by atoms with Crippen LogP contribution < -0.4 is 5.73 Å². The molecule has 70 valence electrons. The second kappa shape index (κ2) is 8.06. The molecule has 0 aromatic carbocycles. The van der Waals surface area contributed by atoms with Crippen molar-refractivity contribution in [3.8, 4) is 0 Å². The molecule has 0 radical (unpaired) electrons. The molecule has 1 unspecified atom stereocenters. The van der Waals surface area contributed by atoms with E-state index in [1.54, 1.807) is 0 Å². The summed E-state index contributed by atoms with van der Waals surface area (Å²) < 4.78 is 0. The van der Waals surface area contributed by atoms with Crippen molar-refractivity contribution in [1.29, 1.82) is 0 Å². The molecule has 11 heavy (non-hydrogen) atoms. The quantitative estimate of drug-likeness (QED) is 0.658. The van der Waals surface area contributed by atoms with Crippen LogP contribution in [0.5, 0.6) is 0 Å². The zero-order valence-corrected chi connectivity index (χ0v) is 9.02. The highest BCUT2D eigenvalue weighted by molar-refractivity contribution is 4.60. The molecule has 0 heterocycles. The lowest BCUT2D eigenvalue weighted by molar-refractivity contribution is 0.481. The van der Waals surface area contributed by atoms with E-state index in [1.165, 1.54) is 0 Å². The zero-order valence-electron chi connectivity index (χ0n) is 9.02. The molecule has 0 rings (SSSR count). The highest BCUT2D eigenvalue weighted by atomic mass is 14.6. The Morgan fingerprint density at radius 1 is 1.00 bits per heavy atom. The van der Waals surface area contributed by atoms with Crippen LogP contribution in [-0.2, 0) is 0 Å². The SMILES string of the molecule is CC(C)C.CCC(N)C(C)C. The van der Waals surface area contributed by atoms with Crippen LogP contribution in [0.3, 0.4) is 0 Å². The first-order chi connectivity index (χ1) is 4.91. The third-order valence-corrected chi connectivity index (χ3v) is 1.33. The molecule has 1 heteroatoms. The number of hydrogen-bond acceptors (Lipinski definition) is 1.